The molecule has 0 aliphatic heterocycles. The van der Waals surface area contributed by atoms with Gasteiger partial charge in [0.15, 0.2) is 0 Å². The first-order valence-electron chi connectivity index (χ1n) is 7.06. The molecule has 0 atom stereocenters. The fourth-order valence-electron chi connectivity index (χ4n) is 1.67. The summed E-state index contributed by atoms with van der Waals surface area (Å²) in [6.07, 6.45) is 0. The zero-order chi connectivity index (χ0) is 16.0. The van der Waals surface area contributed by atoms with E-state index in [1.165, 1.54) is 0 Å². The summed E-state index contributed by atoms with van der Waals surface area (Å²) in [5.74, 6) is 1.51. The first-order chi connectivity index (χ1) is 9.79. The van der Waals surface area contributed by atoms with Crippen LogP contribution in [0.2, 0.25) is 5.15 Å². The normalized spacial score (nSPS) is 11.3. The minimum Gasteiger partial charge on any atom is -0.358 e. The minimum absolute atomic E-state index is 0.475. The van der Waals surface area contributed by atoms with Gasteiger partial charge in [-0.2, -0.15) is 4.98 Å². The first kappa shape index (κ1) is 17.9. The molecule has 1 rings (SSSR count). The third-order valence-electron chi connectivity index (χ3n) is 3.17. The molecule has 1 aromatic heterocycles. The Hall–Kier alpha value is -1.11. The summed E-state index contributed by atoms with van der Waals surface area (Å²) in [7, 11) is 12.2. The molecule has 0 unspecified atom stereocenters. The van der Waals surface area contributed by atoms with E-state index < -0.39 is 0 Å². The highest BCUT2D eigenvalue weighted by Gasteiger charge is 2.11. The lowest BCUT2D eigenvalue weighted by atomic mass is 10.4. The molecule has 21 heavy (non-hydrogen) atoms. The molecule has 0 N–H and O–H groups in total. The molecule has 1 aromatic rings. The summed E-state index contributed by atoms with van der Waals surface area (Å²) in [4.78, 5) is 17.3. The maximum Gasteiger partial charge on any atom is 0.228 e. The van der Waals surface area contributed by atoms with Crippen LogP contribution in [0.5, 0.6) is 0 Å². The van der Waals surface area contributed by atoms with E-state index in [-0.39, 0.29) is 0 Å². The lowest BCUT2D eigenvalue weighted by Crippen LogP contribution is -2.31. The van der Waals surface area contributed by atoms with E-state index in [9.17, 15) is 0 Å². The SMILES string of the molecule is CN(C)CCN(C)c1cc(Cl)nc(N(C)CCN(C)C)n1. The van der Waals surface area contributed by atoms with E-state index in [1.54, 1.807) is 6.07 Å². The van der Waals surface area contributed by atoms with Crippen molar-refractivity contribution in [2.45, 2.75) is 0 Å². The molecule has 0 aromatic carbocycles. The van der Waals surface area contributed by atoms with Gasteiger partial charge in [0, 0.05) is 46.3 Å². The smallest absolute Gasteiger partial charge is 0.228 e. The van der Waals surface area contributed by atoms with Crippen LogP contribution in [0.25, 0.3) is 0 Å². The van der Waals surface area contributed by atoms with Gasteiger partial charge in [-0.1, -0.05) is 11.6 Å². The first-order valence-corrected chi connectivity index (χ1v) is 7.43. The van der Waals surface area contributed by atoms with Crippen LogP contribution in [0.3, 0.4) is 0 Å². The highest BCUT2D eigenvalue weighted by molar-refractivity contribution is 6.29. The number of anilines is 2. The van der Waals surface area contributed by atoms with Gasteiger partial charge in [0.1, 0.15) is 11.0 Å². The monoisotopic (exact) mass is 314 g/mol. The van der Waals surface area contributed by atoms with Gasteiger partial charge in [-0.05, 0) is 28.2 Å². The van der Waals surface area contributed by atoms with Crippen molar-refractivity contribution >= 4 is 23.4 Å². The fourth-order valence-corrected chi connectivity index (χ4v) is 1.85. The zero-order valence-electron chi connectivity index (χ0n) is 14.0. The average Bonchev–Trinajstić information content (AvgIpc) is 2.41. The number of nitrogens with zero attached hydrogens (tertiary/aromatic N) is 6. The molecular formula is C14H27ClN6. The second kappa shape index (κ2) is 8.36. The van der Waals surface area contributed by atoms with Gasteiger partial charge in [-0.3, -0.25) is 0 Å². The van der Waals surface area contributed by atoms with Crippen LogP contribution in [0, 0.1) is 0 Å². The van der Waals surface area contributed by atoms with Crippen molar-refractivity contribution in [3.63, 3.8) is 0 Å². The van der Waals surface area contributed by atoms with Crippen molar-refractivity contribution < 1.29 is 0 Å². The van der Waals surface area contributed by atoms with Gasteiger partial charge < -0.3 is 19.6 Å². The second-order valence-electron chi connectivity index (χ2n) is 5.80. The Bertz CT molecular complexity index is 401. The highest BCUT2D eigenvalue weighted by Crippen LogP contribution is 2.19. The summed E-state index contributed by atoms with van der Waals surface area (Å²) < 4.78 is 0. The summed E-state index contributed by atoms with van der Waals surface area (Å²) in [5.41, 5.74) is 0. The van der Waals surface area contributed by atoms with E-state index in [1.807, 2.05) is 33.1 Å². The van der Waals surface area contributed by atoms with Gasteiger partial charge in [-0.15, -0.1) is 0 Å². The van der Waals surface area contributed by atoms with Crippen LogP contribution < -0.4 is 9.80 Å². The van der Waals surface area contributed by atoms with Crippen molar-refractivity contribution in [2.24, 2.45) is 0 Å². The Morgan fingerprint density at radius 1 is 0.810 bits per heavy atom. The number of aromatic nitrogens is 2. The van der Waals surface area contributed by atoms with Crippen molar-refractivity contribution in [1.29, 1.82) is 0 Å². The summed E-state index contributed by atoms with van der Waals surface area (Å²) >= 11 is 6.14. The second-order valence-corrected chi connectivity index (χ2v) is 6.19. The molecule has 0 amide bonds. The van der Waals surface area contributed by atoms with Crippen LogP contribution >= 0.6 is 11.6 Å². The molecule has 0 saturated carbocycles. The van der Waals surface area contributed by atoms with E-state index in [2.05, 4.69) is 38.8 Å². The average molecular weight is 315 g/mol. The molecular weight excluding hydrogens is 288 g/mol. The predicted octanol–water partition coefficient (Wildman–Crippen LogP) is 1.13. The van der Waals surface area contributed by atoms with Gasteiger partial charge in [0.25, 0.3) is 0 Å². The van der Waals surface area contributed by atoms with Crippen LogP contribution in [0.1, 0.15) is 0 Å². The lowest BCUT2D eigenvalue weighted by Gasteiger charge is -2.24. The highest BCUT2D eigenvalue weighted by atomic mass is 35.5. The third kappa shape index (κ3) is 6.46. The number of rotatable bonds is 8. The number of halogens is 1. The molecule has 0 aliphatic carbocycles. The fraction of sp³-hybridized carbons (Fsp3) is 0.714. The molecule has 6 nitrogen and oxygen atoms in total. The van der Waals surface area contributed by atoms with E-state index in [0.717, 1.165) is 32.0 Å². The molecule has 1 heterocycles. The zero-order valence-corrected chi connectivity index (χ0v) is 14.7. The van der Waals surface area contributed by atoms with Gasteiger partial charge in [0.05, 0.1) is 0 Å². The summed E-state index contributed by atoms with van der Waals surface area (Å²) in [6, 6.07) is 1.81. The molecule has 0 radical (unpaired) electrons. The Morgan fingerprint density at radius 2 is 1.33 bits per heavy atom. The molecule has 0 aliphatic rings. The molecule has 0 fully saturated rings. The molecule has 0 bridgehead atoms. The van der Waals surface area contributed by atoms with Crippen LogP contribution in [0.15, 0.2) is 6.07 Å². The largest absolute Gasteiger partial charge is 0.358 e. The Balaban J connectivity index is 2.78. The van der Waals surface area contributed by atoms with Crippen molar-refractivity contribution in [3.05, 3.63) is 11.2 Å². The maximum absolute atomic E-state index is 6.14. The Labute approximate surface area is 133 Å². The minimum atomic E-state index is 0.475. The lowest BCUT2D eigenvalue weighted by molar-refractivity contribution is 0.415. The van der Waals surface area contributed by atoms with Crippen LogP contribution in [-0.4, -0.2) is 88.2 Å². The van der Waals surface area contributed by atoms with E-state index >= 15 is 0 Å². The van der Waals surface area contributed by atoms with Crippen LogP contribution in [-0.2, 0) is 0 Å². The molecule has 0 saturated heterocycles. The molecule has 0 spiro atoms. The molecule has 120 valence electrons. The number of likely N-dealkylation sites (N-methyl/N-ethyl adjacent to an activating group) is 4. The molecule has 7 heteroatoms. The quantitative estimate of drug-likeness (QED) is 0.670. The van der Waals surface area contributed by atoms with Crippen molar-refractivity contribution in [2.75, 3.05) is 78.3 Å². The van der Waals surface area contributed by atoms with Gasteiger partial charge >= 0.3 is 0 Å². The Kier molecular flexibility index (Phi) is 7.14. The predicted molar refractivity (Wildman–Crippen MR) is 90.7 cm³/mol. The van der Waals surface area contributed by atoms with Crippen molar-refractivity contribution in [3.8, 4) is 0 Å². The topological polar surface area (TPSA) is 38.7 Å². The maximum atomic E-state index is 6.14. The Morgan fingerprint density at radius 3 is 1.86 bits per heavy atom. The summed E-state index contributed by atoms with van der Waals surface area (Å²) in [5, 5.41) is 0.475. The number of hydrogen-bond donors (Lipinski definition) is 0. The van der Waals surface area contributed by atoms with Gasteiger partial charge in [0.2, 0.25) is 5.95 Å². The van der Waals surface area contributed by atoms with Crippen LogP contribution in [0.4, 0.5) is 11.8 Å². The number of hydrogen-bond acceptors (Lipinski definition) is 6. The van der Waals surface area contributed by atoms with E-state index in [4.69, 9.17) is 11.6 Å². The standard InChI is InChI=1S/C14H27ClN6/c1-18(2)7-9-20(5)13-11-12(15)16-14(17-13)21(6)10-8-19(3)4/h11H,7-10H2,1-6H3. The third-order valence-corrected chi connectivity index (χ3v) is 3.36. The van der Waals surface area contributed by atoms with Gasteiger partial charge in [-0.25, -0.2) is 4.98 Å². The summed E-state index contributed by atoms with van der Waals surface area (Å²) in [6.45, 7) is 3.65. The van der Waals surface area contributed by atoms with E-state index in [0.29, 0.717) is 11.1 Å². The van der Waals surface area contributed by atoms with Crippen molar-refractivity contribution in [1.82, 2.24) is 19.8 Å².